The van der Waals surface area contributed by atoms with Gasteiger partial charge in [-0.15, -0.1) is 0 Å². The van der Waals surface area contributed by atoms with Crippen molar-refractivity contribution in [1.29, 1.82) is 0 Å². The number of esters is 1. The molecule has 96 valence electrons. The molecule has 0 aromatic carbocycles. The maximum atomic E-state index is 11.8. The second kappa shape index (κ2) is 6.19. The van der Waals surface area contributed by atoms with Gasteiger partial charge in [-0.25, -0.2) is 0 Å². The van der Waals surface area contributed by atoms with E-state index in [2.05, 4.69) is 15.4 Å². The van der Waals surface area contributed by atoms with E-state index in [-0.39, 0.29) is 24.8 Å². The topological polar surface area (TPSA) is 87.7 Å². The number of carbonyl (C=O) groups excluding carboxylic acids is 3. The lowest BCUT2D eigenvalue weighted by atomic mass is 10.1. The van der Waals surface area contributed by atoms with E-state index in [4.69, 9.17) is 0 Å². The van der Waals surface area contributed by atoms with Gasteiger partial charge in [-0.3, -0.25) is 14.4 Å². The minimum atomic E-state index is -0.767. The molecule has 7 heteroatoms. The highest BCUT2D eigenvalue weighted by Crippen LogP contribution is 2.09. The molecule has 1 aliphatic heterocycles. The molecule has 0 bridgehead atoms. The maximum Gasteiger partial charge on any atom is 0.308 e. The van der Waals surface area contributed by atoms with Gasteiger partial charge in [-0.2, -0.15) is 0 Å². The number of nitrogens with one attached hydrogen (secondary N) is 2. The van der Waals surface area contributed by atoms with Crippen LogP contribution in [0.15, 0.2) is 0 Å². The Hall–Kier alpha value is -1.63. The molecular weight excluding hydrogens is 226 g/mol. The molecular formula is C10H17N3O4. The van der Waals surface area contributed by atoms with Crippen molar-refractivity contribution in [2.24, 2.45) is 0 Å². The van der Waals surface area contributed by atoms with Crippen LogP contribution in [0.5, 0.6) is 0 Å². The van der Waals surface area contributed by atoms with E-state index >= 15 is 0 Å². The number of likely N-dealkylation sites (N-methyl/N-ethyl adjacent to an activating group) is 1. The van der Waals surface area contributed by atoms with Gasteiger partial charge < -0.3 is 20.3 Å². The summed E-state index contributed by atoms with van der Waals surface area (Å²) in [7, 11) is 2.90. The molecule has 2 N–H and O–H groups in total. The van der Waals surface area contributed by atoms with Crippen LogP contribution in [0.1, 0.15) is 6.42 Å². The molecule has 0 radical (unpaired) electrons. The number of hydrogen-bond acceptors (Lipinski definition) is 5. The molecule has 0 aromatic rings. The summed E-state index contributed by atoms with van der Waals surface area (Å²) in [6, 6.07) is -0.767. The molecule has 1 aliphatic rings. The summed E-state index contributed by atoms with van der Waals surface area (Å²) in [5, 5.41) is 5.36. The molecule has 0 saturated carbocycles. The van der Waals surface area contributed by atoms with Crippen molar-refractivity contribution in [2.45, 2.75) is 12.5 Å². The van der Waals surface area contributed by atoms with Crippen molar-refractivity contribution in [3.05, 3.63) is 0 Å². The summed E-state index contributed by atoms with van der Waals surface area (Å²) < 4.78 is 4.52. The van der Waals surface area contributed by atoms with Crippen LogP contribution in [0, 0.1) is 0 Å². The van der Waals surface area contributed by atoms with E-state index in [0.29, 0.717) is 13.1 Å². The summed E-state index contributed by atoms with van der Waals surface area (Å²) in [6.07, 6.45) is -0.113. The van der Waals surface area contributed by atoms with Crippen LogP contribution in [0.3, 0.4) is 0 Å². The lowest BCUT2D eigenvalue weighted by molar-refractivity contribution is -0.149. The zero-order valence-corrected chi connectivity index (χ0v) is 9.99. The third-order valence-electron chi connectivity index (χ3n) is 2.57. The lowest BCUT2D eigenvalue weighted by Gasteiger charge is -2.34. The Bertz CT molecular complexity index is 319. The zero-order chi connectivity index (χ0) is 12.8. The second-order valence-corrected chi connectivity index (χ2v) is 3.70. The molecule has 2 amide bonds. The third-order valence-corrected chi connectivity index (χ3v) is 2.57. The molecule has 0 aliphatic carbocycles. The van der Waals surface area contributed by atoms with Crippen LogP contribution in [-0.2, 0) is 19.1 Å². The molecule has 1 saturated heterocycles. The monoisotopic (exact) mass is 243 g/mol. The van der Waals surface area contributed by atoms with Crippen LogP contribution < -0.4 is 10.6 Å². The molecule has 0 aromatic heterocycles. The van der Waals surface area contributed by atoms with E-state index in [1.54, 1.807) is 7.05 Å². The number of nitrogens with zero attached hydrogens (tertiary/aromatic N) is 1. The number of piperazine rings is 1. The second-order valence-electron chi connectivity index (χ2n) is 3.70. The Morgan fingerprint density at radius 1 is 1.59 bits per heavy atom. The predicted octanol–water partition coefficient (Wildman–Crippen LogP) is -1.90. The fourth-order valence-electron chi connectivity index (χ4n) is 1.71. The first-order valence-corrected chi connectivity index (χ1v) is 5.38. The molecule has 17 heavy (non-hydrogen) atoms. The molecule has 1 heterocycles. The summed E-state index contributed by atoms with van der Waals surface area (Å²) in [4.78, 5) is 36.0. The minimum absolute atomic E-state index is 0.113. The normalized spacial score (nSPS) is 19.8. The largest absolute Gasteiger partial charge is 0.469 e. The smallest absolute Gasteiger partial charge is 0.308 e. The number of ether oxygens (including phenoxy) is 1. The van der Waals surface area contributed by atoms with Gasteiger partial charge in [0, 0.05) is 13.1 Å². The van der Waals surface area contributed by atoms with Gasteiger partial charge in [0.15, 0.2) is 0 Å². The minimum Gasteiger partial charge on any atom is -0.469 e. The standard InChI is InChI=1S/C10H17N3O4/c1-11-6-8(14)13-4-3-12-10(16)7(13)5-9(15)17-2/h7,11H,3-6H2,1-2H3,(H,12,16)/t7-/m0/s1. The highest BCUT2D eigenvalue weighted by molar-refractivity contribution is 5.92. The molecule has 1 fully saturated rings. The van der Waals surface area contributed by atoms with E-state index in [1.807, 2.05) is 0 Å². The average Bonchev–Trinajstić information content (AvgIpc) is 2.31. The lowest BCUT2D eigenvalue weighted by Crippen LogP contribution is -2.59. The average molecular weight is 243 g/mol. The van der Waals surface area contributed by atoms with Gasteiger partial charge in [-0.05, 0) is 7.05 Å². The fourth-order valence-corrected chi connectivity index (χ4v) is 1.71. The number of methoxy groups -OCH3 is 1. The highest BCUT2D eigenvalue weighted by Gasteiger charge is 2.34. The molecule has 1 rings (SSSR count). The van der Waals surface area contributed by atoms with Gasteiger partial charge >= 0.3 is 5.97 Å². The van der Waals surface area contributed by atoms with Crippen molar-refractivity contribution in [3.8, 4) is 0 Å². The molecule has 0 unspecified atom stereocenters. The Labute approximate surface area is 99.5 Å². The predicted molar refractivity (Wildman–Crippen MR) is 59.1 cm³/mol. The van der Waals surface area contributed by atoms with Crippen molar-refractivity contribution < 1.29 is 19.1 Å². The van der Waals surface area contributed by atoms with Gasteiger partial charge in [0.2, 0.25) is 11.8 Å². The summed E-state index contributed by atoms with van der Waals surface area (Å²) in [6.45, 7) is 0.963. The quantitative estimate of drug-likeness (QED) is 0.563. The first-order valence-electron chi connectivity index (χ1n) is 5.38. The molecule has 0 spiro atoms. The first-order chi connectivity index (χ1) is 8.10. The summed E-state index contributed by atoms with van der Waals surface area (Å²) in [5.41, 5.74) is 0. The Kier molecular flexibility index (Phi) is 4.89. The van der Waals surface area contributed by atoms with Crippen molar-refractivity contribution in [2.75, 3.05) is 33.8 Å². The van der Waals surface area contributed by atoms with Gasteiger partial charge in [0.25, 0.3) is 0 Å². The van der Waals surface area contributed by atoms with Crippen molar-refractivity contribution >= 4 is 17.8 Å². The van der Waals surface area contributed by atoms with Crippen LogP contribution in [-0.4, -0.2) is 62.5 Å². The third kappa shape index (κ3) is 3.42. The van der Waals surface area contributed by atoms with Gasteiger partial charge in [0.1, 0.15) is 6.04 Å². The van der Waals surface area contributed by atoms with Gasteiger partial charge in [-0.1, -0.05) is 0 Å². The summed E-state index contributed by atoms with van der Waals surface area (Å²) >= 11 is 0. The number of hydrogen-bond donors (Lipinski definition) is 2. The van der Waals surface area contributed by atoms with E-state index in [0.717, 1.165) is 0 Å². The number of rotatable bonds is 4. The van der Waals surface area contributed by atoms with Crippen LogP contribution in [0.25, 0.3) is 0 Å². The molecule has 1 atom stereocenters. The van der Waals surface area contributed by atoms with E-state index in [1.165, 1.54) is 12.0 Å². The molecule has 7 nitrogen and oxygen atoms in total. The van der Waals surface area contributed by atoms with Gasteiger partial charge in [0.05, 0.1) is 20.1 Å². The maximum absolute atomic E-state index is 11.8. The van der Waals surface area contributed by atoms with Crippen LogP contribution in [0.2, 0.25) is 0 Å². The highest BCUT2D eigenvalue weighted by atomic mass is 16.5. The Morgan fingerprint density at radius 2 is 2.29 bits per heavy atom. The first kappa shape index (κ1) is 13.4. The summed E-state index contributed by atoms with van der Waals surface area (Å²) in [5.74, 6) is -1.02. The van der Waals surface area contributed by atoms with Crippen LogP contribution in [0.4, 0.5) is 0 Å². The van der Waals surface area contributed by atoms with Crippen molar-refractivity contribution in [3.63, 3.8) is 0 Å². The zero-order valence-electron chi connectivity index (χ0n) is 9.99. The number of carbonyl (C=O) groups is 3. The number of amides is 2. The van der Waals surface area contributed by atoms with E-state index < -0.39 is 12.0 Å². The SMILES string of the molecule is CNCC(=O)N1CCNC(=O)[C@@H]1CC(=O)OC. The van der Waals surface area contributed by atoms with Crippen LogP contribution >= 0.6 is 0 Å². The van der Waals surface area contributed by atoms with E-state index in [9.17, 15) is 14.4 Å². The fraction of sp³-hybridized carbons (Fsp3) is 0.700. The van der Waals surface area contributed by atoms with Crippen molar-refractivity contribution in [1.82, 2.24) is 15.5 Å². The Balaban J connectivity index is 2.73. The Morgan fingerprint density at radius 3 is 2.88 bits per heavy atom.